The van der Waals surface area contributed by atoms with E-state index in [0.717, 1.165) is 11.7 Å². The molecule has 3 atom stereocenters. The molecule has 1 aliphatic heterocycles. The molecule has 2 rings (SSSR count). The van der Waals surface area contributed by atoms with E-state index in [2.05, 4.69) is 31.2 Å². The predicted molar refractivity (Wildman–Crippen MR) is 51.1 cm³/mol. The fourth-order valence-corrected chi connectivity index (χ4v) is 2.14. The highest BCUT2D eigenvalue weighted by Crippen LogP contribution is 2.34. The topological polar surface area (TPSA) is 12.4 Å². The minimum atomic E-state index is 0.615. The van der Waals surface area contributed by atoms with E-state index in [-0.39, 0.29) is 0 Å². The molecule has 0 saturated carbocycles. The van der Waals surface area contributed by atoms with E-state index >= 15 is 0 Å². The second-order valence-electron chi connectivity index (χ2n) is 3.72. The average molecular weight is 147 g/mol. The lowest BCUT2D eigenvalue weighted by Gasteiger charge is -2.33. The van der Waals surface area contributed by atoms with E-state index in [4.69, 9.17) is 0 Å². The molecule has 0 amide bonds. The van der Waals surface area contributed by atoms with Crippen molar-refractivity contribution in [3.8, 4) is 0 Å². The highest BCUT2D eigenvalue weighted by atomic mass is 14.8. The molecule has 0 aromatic carbocycles. The smallest absolute Gasteiger partial charge is 0.106 e. The number of fused-ring (bicyclic) bond motifs is 1. The summed E-state index contributed by atoms with van der Waals surface area (Å²) in [4.78, 5) is 4.53. The third-order valence-corrected chi connectivity index (χ3v) is 2.95. The summed E-state index contributed by atoms with van der Waals surface area (Å²) < 4.78 is 0. The molecule has 2 heteroatoms. The fourth-order valence-electron chi connectivity index (χ4n) is 2.14. The Balaban J connectivity index is 2.16. The summed E-state index contributed by atoms with van der Waals surface area (Å²) in [5, 5.41) is 0. The van der Waals surface area contributed by atoms with Crippen molar-refractivity contribution in [2.45, 2.75) is 31.1 Å². The molecular weight excluding hydrogens is 133 g/mol. The summed E-state index contributed by atoms with van der Waals surface area (Å²) in [5.74, 6) is 1.69. The van der Waals surface area contributed by atoms with Crippen LogP contribution in [0.4, 0.5) is 0 Å². The Morgan fingerprint density at radius 1 is 1.18 bits per heavy atom. The van der Waals surface area contributed by atoms with Gasteiger partial charge >= 0.3 is 0 Å². The Labute approximate surface area is 69.0 Å². The SMILES string of the molecule is BC1CC=NC2CC=CC[C@@H]12. The van der Waals surface area contributed by atoms with Gasteiger partial charge in [-0.15, -0.1) is 0 Å². The highest BCUT2D eigenvalue weighted by molar-refractivity contribution is 6.13. The molecular formula is C9H14BN. The molecule has 0 spiro atoms. The molecule has 0 N–H and O–H groups in total. The number of rotatable bonds is 0. The first-order valence-electron chi connectivity index (χ1n) is 4.54. The molecule has 2 aliphatic rings. The van der Waals surface area contributed by atoms with Gasteiger partial charge in [-0.2, -0.15) is 0 Å². The van der Waals surface area contributed by atoms with Crippen LogP contribution in [-0.4, -0.2) is 20.1 Å². The maximum atomic E-state index is 4.53. The largest absolute Gasteiger partial charge is 0.294 e. The van der Waals surface area contributed by atoms with Gasteiger partial charge in [0.15, 0.2) is 0 Å². The summed E-state index contributed by atoms with van der Waals surface area (Å²) in [6, 6.07) is 0.615. The third kappa shape index (κ3) is 1.26. The van der Waals surface area contributed by atoms with Gasteiger partial charge in [0, 0.05) is 0 Å². The molecule has 2 unspecified atom stereocenters. The lowest BCUT2D eigenvalue weighted by molar-refractivity contribution is 0.381. The first-order valence-corrected chi connectivity index (χ1v) is 4.54. The van der Waals surface area contributed by atoms with Crippen LogP contribution in [-0.2, 0) is 0 Å². The van der Waals surface area contributed by atoms with Gasteiger partial charge in [-0.25, -0.2) is 0 Å². The Kier molecular flexibility index (Phi) is 1.85. The molecule has 0 fully saturated rings. The van der Waals surface area contributed by atoms with E-state index in [1.54, 1.807) is 0 Å². The van der Waals surface area contributed by atoms with Crippen LogP contribution in [0.15, 0.2) is 17.1 Å². The molecule has 11 heavy (non-hydrogen) atoms. The summed E-state index contributed by atoms with van der Waals surface area (Å²) in [6.07, 6.45) is 10.3. The monoisotopic (exact) mass is 147 g/mol. The van der Waals surface area contributed by atoms with Crippen LogP contribution in [0.2, 0.25) is 5.82 Å². The van der Waals surface area contributed by atoms with Gasteiger partial charge in [0.25, 0.3) is 0 Å². The lowest BCUT2D eigenvalue weighted by Crippen LogP contribution is -2.28. The molecule has 0 saturated heterocycles. The van der Waals surface area contributed by atoms with E-state index < -0.39 is 0 Å². The standard InChI is InChI=1S/C9H14BN/c10-8-5-6-11-9-4-2-1-3-7(8)9/h1-2,6-9H,3-5,10H2/t7-,8?,9?/m0/s1. The summed E-state index contributed by atoms with van der Waals surface area (Å²) in [7, 11) is 2.35. The number of hydrogen-bond acceptors (Lipinski definition) is 1. The summed E-state index contributed by atoms with van der Waals surface area (Å²) >= 11 is 0. The molecule has 0 aromatic rings. The second-order valence-corrected chi connectivity index (χ2v) is 3.72. The van der Waals surface area contributed by atoms with E-state index in [0.29, 0.717) is 6.04 Å². The van der Waals surface area contributed by atoms with Crippen LogP contribution in [0.1, 0.15) is 19.3 Å². The Bertz CT molecular complexity index is 198. The first-order chi connectivity index (χ1) is 5.38. The maximum absolute atomic E-state index is 4.53. The summed E-state index contributed by atoms with van der Waals surface area (Å²) in [5.41, 5.74) is 0. The highest BCUT2D eigenvalue weighted by Gasteiger charge is 2.28. The number of hydrogen-bond donors (Lipinski definition) is 0. The zero-order valence-electron chi connectivity index (χ0n) is 7.03. The van der Waals surface area contributed by atoms with Crippen LogP contribution in [0, 0.1) is 5.92 Å². The predicted octanol–water partition coefficient (Wildman–Crippen LogP) is 1.22. The number of aliphatic imine (C=N–C) groups is 1. The molecule has 1 heterocycles. The van der Waals surface area contributed by atoms with Crippen molar-refractivity contribution in [1.82, 2.24) is 0 Å². The maximum Gasteiger partial charge on any atom is 0.106 e. The quantitative estimate of drug-likeness (QED) is 0.360. The van der Waals surface area contributed by atoms with Crippen molar-refractivity contribution in [3.05, 3.63) is 12.2 Å². The van der Waals surface area contributed by atoms with E-state index in [1.807, 2.05) is 0 Å². The zero-order chi connectivity index (χ0) is 7.68. The van der Waals surface area contributed by atoms with Crippen molar-refractivity contribution in [2.75, 3.05) is 0 Å². The van der Waals surface area contributed by atoms with Crippen molar-refractivity contribution in [3.63, 3.8) is 0 Å². The number of nitrogens with zero attached hydrogens (tertiary/aromatic N) is 1. The van der Waals surface area contributed by atoms with Gasteiger partial charge < -0.3 is 0 Å². The van der Waals surface area contributed by atoms with E-state index in [1.165, 1.54) is 19.3 Å². The molecule has 0 bridgehead atoms. The van der Waals surface area contributed by atoms with Crippen LogP contribution in [0.5, 0.6) is 0 Å². The van der Waals surface area contributed by atoms with Crippen LogP contribution >= 0.6 is 0 Å². The molecule has 0 radical (unpaired) electrons. The minimum absolute atomic E-state index is 0.615. The van der Waals surface area contributed by atoms with Crippen LogP contribution in [0.3, 0.4) is 0 Å². The average Bonchev–Trinajstić information content (AvgIpc) is 2.06. The van der Waals surface area contributed by atoms with Gasteiger partial charge in [0.1, 0.15) is 7.85 Å². The Morgan fingerprint density at radius 2 is 2.00 bits per heavy atom. The molecule has 1 aliphatic carbocycles. The Hall–Kier alpha value is -0.525. The third-order valence-electron chi connectivity index (χ3n) is 2.95. The van der Waals surface area contributed by atoms with Crippen LogP contribution in [0.25, 0.3) is 0 Å². The van der Waals surface area contributed by atoms with E-state index in [9.17, 15) is 0 Å². The molecule has 1 nitrogen and oxygen atoms in total. The first kappa shape index (κ1) is 7.14. The van der Waals surface area contributed by atoms with Crippen molar-refractivity contribution < 1.29 is 0 Å². The van der Waals surface area contributed by atoms with Crippen molar-refractivity contribution in [2.24, 2.45) is 10.9 Å². The number of allylic oxidation sites excluding steroid dienone is 1. The molecule has 58 valence electrons. The second kappa shape index (κ2) is 2.84. The lowest BCUT2D eigenvalue weighted by atomic mass is 9.67. The van der Waals surface area contributed by atoms with Gasteiger partial charge in [0.2, 0.25) is 0 Å². The summed E-state index contributed by atoms with van der Waals surface area (Å²) in [6.45, 7) is 0. The molecule has 0 aromatic heterocycles. The normalized spacial score (nSPS) is 42.0. The van der Waals surface area contributed by atoms with Gasteiger partial charge in [-0.05, 0) is 31.4 Å². The zero-order valence-corrected chi connectivity index (χ0v) is 7.03. The van der Waals surface area contributed by atoms with Gasteiger partial charge in [-0.1, -0.05) is 18.0 Å². The Morgan fingerprint density at radius 3 is 2.82 bits per heavy atom. The van der Waals surface area contributed by atoms with Gasteiger partial charge in [-0.3, -0.25) is 4.99 Å². The fraction of sp³-hybridized carbons (Fsp3) is 0.667. The van der Waals surface area contributed by atoms with Crippen LogP contribution < -0.4 is 0 Å². The minimum Gasteiger partial charge on any atom is -0.294 e. The van der Waals surface area contributed by atoms with Crippen molar-refractivity contribution in [1.29, 1.82) is 0 Å². The van der Waals surface area contributed by atoms with Crippen molar-refractivity contribution >= 4 is 14.1 Å². The van der Waals surface area contributed by atoms with Gasteiger partial charge in [0.05, 0.1) is 6.04 Å².